The zero-order chi connectivity index (χ0) is 16.1. The van der Waals surface area contributed by atoms with E-state index in [-0.39, 0.29) is 6.04 Å². The molecule has 0 aliphatic rings. The van der Waals surface area contributed by atoms with Gasteiger partial charge in [-0.1, -0.05) is 0 Å². The van der Waals surface area contributed by atoms with Crippen molar-refractivity contribution in [1.29, 1.82) is 0 Å². The third-order valence-electron chi connectivity index (χ3n) is 3.59. The molecule has 0 spiro atoms. The summed E-state index contributed by atoms with van der Waals surface area (Å²) in [5, 5.41) is 16.0. The standard InChI is InChI=1S/C15H24N6S/c1-5-20-8-7-14(19-20)12(4)17-15(22)16-9-13-10-21(6-2)18-11(13)3/h7-8,10,12H,5-6,9H2,1-4H3,(H2,16,17,22). The quantitative estimate of drug-likeness (QED) is 0.799. The Hall–Kier alpha value is -1.89. The molecule has 2 rings (SSSR count). The van der Waals surface area contributed by atoms with Gasteiger partial charge in [0, 0.05) is 37.6 Å². The highest BCUT2D eigenvalue weighted by Gasteiger charge is 2.10. The second-order valence-electron chi connectivity index (χ2n) is 5.24. The molecule has 2 aromatic rings. The summed E-state index contributed by atoms with van der Waals surface area (Å²) in [6.45, 7) is 10.6. The Morgan fingerprint density at radius 3 is 2.59 bits per heavy atom. The van der Waals surface area contributed by atoms with E-state index in [0.29, 0.717) is 11.7 Å². The van der Waals surface area contributed by atoms with Gasteiger partial charge in [0.25, 0.3) is 0 Å². The van der Waals surface area contributed by atoms with Crippen LogP contribution in [0.2, 0.25) is 0 Å². The van der Waals surface area contributed by atoms with Crippen LogP contribution in [-0.2, 0) is 19.6 Å². The molecular formula is C15H24N6S. The maximum absolute atomic E-state index is 5.36. The van der Waals surface area contributed by atoms with Crippen molar-refractivity contribution in [2.24, 2.45) is 0 Å². The van der Waals surface area contributed by atoms with Crippen molar-refractivity contribution >= 4 is 17.3 Å². The molecule has 22 heavy (non-hydrogen) atoms. The third kappa shape index (κ3) is 4.07. The van der Waals surface area contributed by atoms with Crippen molar-refractivity contribution in [2.75, 3.05) is 0 Å². The van der Waals surface area contributed by atoms with E-state index in [1.807, 2.05) is 28.6 Å². The van der Waals surface area contributed by atoms with Gasteiger partial charge in [-0.2, -0.15) is 10.2 Å². The maximum Gasteiger partial charge on any atom is 0.167 e. The molecule has 0 bridgehead atoms. The van der Waals surface area contributed by atoms with Crippen LogP contribution in [0.1, 0.15) is 43.8 Å². The van der Waals surface area contributed by atoms with Crippen LogP contribution in [0.5, 0.6) is 0 Å². The minimum Gasteiger partial charge on any atom is -0.359 e. The van der Waals surface area contributed by atoms with Gasteiger partial charge >= 0.3 is 0 Å². The van der Waals surface area contributed by atoms with Crippen LogP contribution in [0.4, 0.5) is 0 Å². The second-order valence-corrected chi connectivity index (χ2v) is 5.65. The van der Waals surface area contributed by atoms with Gasteiger partial charge in [0.2, 0.25) is 0 Å². The second kappa shape index (κ2) is 7.40. The van der Waals surface area contributed by atoms with Crippen molar-refractivity contribution in [3.63, 3.8) is 0 Å². The average Bonchev–Trinajstić information content (AvgIpc) is 3.11. The monoisotopic (exact) mass is 320 g/mol. The maximum atomic E-state index is 5.36. The predicted molar refractivity (Wildman–Crippen MR) is 91.5 cm³/mol. The summed E-state index contributed by atoms with van der Waals surface area (Å²) in [6, 6.07) is 2.09. The lowest BCUT2D eigenvalue weighted by Gasteiger charge is -2.15. The van der Waals surface area contributed by atoms with Gasteiger partial charge in [-0.05, 0) is 46.0 Å². The van der Waals surface area contributed by atoms with Crippen LogP contribution in [0.3, 0.4) is 0 Å². The minimum absolute atomic E-state index is 0.0762. The molecule has 1 atom stereocenters. The largest absolute Gasteiger partial charge is 0.359 e. The fraction of sp³-hybridized carbons (Fsp3) is 0.533. The molecule has 1 unspecified atom stereocenters. The summed E-state index contributed by atoms with van der Waals surface area (Å²) in [4.78, 5) is 0. The summed E-state index contributed by atoms with van der Waals surface area (Å²) in [5.41, 5.74) is 3.18. The van der Waals surface area contributed by atoms with Crippen molar-refractivity contribution < 1.29 is 0 Å². The van der Waals surface area contributed by atoms with Gasteiger partial charge in [0.05, 0.1) is 17.4 Å². The summed E-state index contributed by atoms with van der Waals surface area (Å²) in [7, 11) is 0. The first-order valence-electron chi connectivity index (χ1n) is 7.64. The number of rotatable bonds is 6. The Bertz CT molecular complexity index is 630. The van der Waals surface area contributed by atoms with Crippen LogP contribution in [0, 0.1) is 6.92 Å². The number of hydrogen-bond donors (Lipinski definition) is 2. The molecule has 0 aliphatic carbocycles. The number of aromatic nitrogens is 4. The Morgan fingerprint density at radius 2 is 2.00 bits per heavy atom. The smallest absolute Gasteiger partial charge is 0.167 e. The fourth-order valence-corrected chi connectivity index (χ4v) is 2.43. The normalized spacial score (nSPS) is 12.2. The minimum atomic E-state index is 0.0762. The van der Waals surface area contributed by atoms with E-state index >= 15 is 0 Å². The van der Waals surface area contributed by atoms with Gasteiger partial charge in [0.1, 0.15) is 0 Å². The zero-order valence-corrected chi connectivity index (χ0v) is 14.4. The molecule has 0 radical (unpaired) electrons. The number of hydrogen-bond acceptors (Lipinski definition) is 3. The van der Waals surface area contributed by atoms with Crippen molar-refractivity contribution in [3.8, 4) is 0 Å². The number of aryl methyl sites for hydroxylation is 3. The van der Waals surface area contributed by atoms with E-state index in [4.69, 9.17) is 12.2 Å². The van der Waals surface area contributed by atoms with E-state index in [1.54, 1.807) is 0 Å². The molecule has 2 aromatic heterocycles. The van der Waals surface area contributed by atoms with Gasteiger partial charge in [-0.3, -0.25) is 9.36 Å². The Kier molecular flexibility index (Phi) is 5.54. The first kappa shape index (κ1) is 16.5. The van der Waals surface area contributed by atoms with Gasteiger partial charge < -0.3 is 10.6 Å². The van der Waals surface area contributed by atoms with Crippen molar-refractivity contribution in [1.82, 2.24) is 30.2 Å². The fourth-order valence-electron chi connectivity index (χ4n) is 2.18. The average molecular weight is 320 g/mol. The third-order valence-corrected chi connectivity index (χ3v) is 3.85. The molecule has 0 saturated carbocycles. The van der Waals surface area contributed by atoms with E-state index in [2.05, 4.69) is 47.8 Å². The first-order valence-corrected chi connectivity index (χ1v) is 8.05. The number of nitrogens with zero attached hydrogens (tertiary/aromatic N) is 4. The van der Waals surface area contributed by atoms with Crippen LogP contribution in [-0.4, -0.2) is 24.7 Å². The lowest BCUT2D eigenvalue weighted by molar-refractivity contribution is 0.608. The Labute approximate surface area is 136 Å². The lowest BCUT2D eigenvalue weighted by atomic mass is 10.2. The van der Waals surface area contributed by atoms with E-state index in [0.717, 1.165) is 30.0 Å². The predicted octanol–water partition coefficient (Wildman–Crippen LogP) is 2.15. The van der Waals surface area contributed by atoms with Gasteiger partial charge in [-0.25, -0.2) is 0 Å². The summed E-state index contributed by atoms with van der Waals surface area (Å²) < 4.78 is 3.84. The summed E-state index contributed by atoms with van der Waals surface area (Å²) in [6.07, 6.45) is 4.03. The Morgan fingerprint density at radius 1 is 1.27 bits per heavy atom. The summed E-state index contributed by atoms with van der Waals surface area (Å²) in [5.74, 6) is 0. The van der Waals surface area contributed by atoms with Crippen molar-refractivity contribution in [3.05, 3.63) is 35.4 Å². The molecule has 0 aliphatic heterocycles. The zero-order valence-electron chi connectivity index (χ0n) is 13.6. The highest BCUT2D eigenvalue weighted by Crippen LogP contribution is 2.09. The molecule has 7 heteroatoms. The molecule has 0 fully saturated rings. The van der Waals surface area contributed by atoms with Crippen LogP contribution >= 0.6 is 12.2 Å². The number of thiocarbonyl (C=S) groups is 1. The molecule has 2 N–H and O–H groups in total. The molecule has 0 amide bonds. The first-order chi connectivity index (χ1) is 10.5. The summed E-state index contributed by atoms with van der Waals surface area (Å²) >= 11 is 5.36. The van der Waals surface area contributed by atoms with Crippen LogP contribution in [0.25, 0.3) is 0 Å². The SMILES string of the molecule is CCn1ccc(C(C)NC(=S)NCc2cn(CC)nc2C)n1. The molecule has 2 heterocycles. The van der Waals surface area contributed by atoms with Crippen LogP contribution in [0.15, 0.2) is 18.5 Å². The molecule has 6 nitrogen and oxygen atoms in total. The van der Waals surface area contributed by atoms with Crippen LogP contribution < -0.4 is 10.6 Å². The van der Waals surface area contributed by atoms with E-state index in [9.17, 15) is 0 Å². The Balaban J connectivity index is 1.85. The molecule has 0 aromatic carbocycles. The van der Waals surface area contributed by atoms with E-state index < -0.39 is 0 Å². The lowest BCUT2D eigenvalue weighted by Crippen LogP contribution is -2.36. The highest BCUT2D eigenvalue weighted by molar-refractivity contribution is 7.80. The molecule has 120 valence electrons. The van der Waals surface area contributed by atoms with E-state index in [1.165, 1.54) is 0 Å². The van der Waals surface area contributed by atoms with Crippen molar-refractivity contribution in [2.45, 2.75) is 53.4 Å². The number of nitrogens with one attached hydrogen (secondary N) is 2. The molecular weight excluding hydrogens is 296 g/mol. The highest BCUT2D eigenvalue weighted by atomic mass is 32.1. The van der Waals surface area contributed by atoms with Gasteiger partial charge in [-0.15, -0.1) is 0 Å². The van der Waals surface area contributed by atoms with Gasteiger partial charge in [0.15, 0.2) is 5.11 Å². The topological polar surface area (TPSA) is 59.7 Å². The molecule has 0 saturated heterocycles.